The molecule has 88 valence electrons. The lowest BCUT2D eigenvalue weighted by molar-refractivity contribution is -0.144. The van der Waals surface area contributed by atoms with Gasteiger partial charge >= 0.3 is 6.18 Å². The maximum atomic E-state index is 12.8. The van der Waals surface area contributed by atoms with Crippen LogP contribution in [-0.2, 0) is 18.6 Å². The van der Waals surface area contributed by atoms with Gasteiger partial charge in [-0.15, -0.1) is 0 Å². The van der Waals surface area contributed by atoms with E-state index in [4.69, 9.17) is 5.26 Å². The van der Waals surface area contributed by atoms with Gasteiger partial charge in [0.05, 0.1) is 0 Å². The van der Waals surface area contributed by atoms with Crippen LogP contribution in [0.1, 0.15) is 37.7 Å². The second-order valence-electron chi connectivity index (χ2n) is 4.56. The highest BCUT2D eigenvalue weighted by molar-refractivity contribution is 5.41. The van der Waals surface area contributed by atoms with Crippen LogP contribution in [0, 0.1) is 11.3 Å². The number of hydrogen-bond donors (Lipinski definition) is 0. The minimum absolute atomic E-state index is 0.0509. The molecule has 0 saturated carbocycles. The molecule has 16 heavy (non-hydrogen) atoms. The lowest BCUT2D eigenvalue weighted by Crippen LogP contribution is -2.21. The van der Waals surface area contributed by atoms with Crippen LogP contribution in [0.15, 0.2) is 0 Å². The molecule has 0 atom stereocenters. The van der Waals surface area contributed by atoms with Gasteiger partial charge in [-0.3, -0.25) is 4.68 Å². The highest BCUT2D eigenvalue weighted by Gasteiger charge is 2.42. The summed E-state index contributed by atoms with van der Waals surface area (Å²) >= 11 is 0. The molecule has 0 radical (unpaired) electrons. The number of rotatable bonds is 0. The first kappa shape index (κ1) is 12.6. The van der Waals surface area contributed by atoms with Crippen LogP contribution >= 0.6 is 0 Å². The standard InChI is InChI=1S/C10H12F3N3/c1-9(2,3)7-6(5-14)15-16(4)8(7)10(11,12)13/h1-4H3. The highest BCUT2D eigenvalue weighted by atomic mass is 19.4. The Bertz CT molecular complexity index is 444. The molecule has 1 rings (SSSR count). The lowest BCUT2D eigenvalue weighted by Gasteiger charge is -2.20. The van der Waals surface area contributed by atoms with E-state index < -0.39 is 17.3 Å². The Morgan fingerprint density at radius 2 is 1.75 bits per heavy atom. The molecular formula is C10H12F3N3. The largest absolute Gasteiger partial charge is 0.433 e. The van der Waals surface area contributed by atoms with Gasteiger partial charge in [-0.2, -0.15) is 23.5 Å². The monoisotopic (exact) mass is 231 g/mol. The van der Waals surface area contributed by atoms with Crippen LogP contribution < -0.4 is 0 Å². The van der Waals surface area contributed by atoms with Gasteiger partial charge in [-0.25, -0.2) is 0 Å². The predicted molar refractivity (Wildman–Crippen MR) is 51.6 cm³/mol. The van der Waals surface area contributed by atoms with E-state index in [2.05, 4.69) is 5.10 Å². The van der Waals surface area contributed by atoms with E-state index in [1.807, 2.05) is 0 Å². The first-order chi connectivity index (χ1) is 7.09. The fraction of sp³-hybridized carbons (Fsp3) is 0.600. The fourth-order valence-electron chi connectivity index (χ4n) is 1.64. The first-order valence-corrected chi connectivity index (χ1v) is 4.63. The van der Waals surface area contributed by atoms with Crippen molar-refractivity contribution in [2.75, 3.05) is 0 Å². The maximum Gasteiger partial charge on any atom is 0.433 e. The molecule has 0 aliphatic carbocycles. The van der Waals surface area contributed by atoms with Crippen molar-refractivity contribution in [2.45, 2.75) is 32.4 Å². The number of nitrogens with zero attached hydrogens (tertiary/aromatic N) is 3. The minimum atomic E-state index is -4.50. The molecular weight excluding hydrogens is 219 g/mol. The molecule has 0 spiro atoms. The molecule has 6 heteroatoms. The summed E-state index contributed by atoms with van der Waals surface area (Å²) in [6, 6.07) is 1.70. The normalized spacial score (nSPS) is 12.6. The quantitative estimate of drug-likeness (QED) is 0.688. The number of aryl methyl sites for hydroxylation is 1. The predicted octanol–water partition coefficient (Wildman–Crippen LogP) is 2.61. The van der Waals surface area contributed by atoms with E-state index in [1.54, 1.807) is 26.8 Å². The number of aromatic nitrogens is 2. The van der Waals surface area contributed by atoms with E-state index in [0.29, 0.717) is 0 Å². The van der Waals surface area contributed by atoms with Gasteiger partial charge in [0.25, 0.3) is 0 Å². The minimum Gasteiger partial charge on any atom is -0.262 e. The second-order valence-corrected chi connectivity index (χ2v) is 4.56. The Hall–Kier alpha value is -1.51. The van der Waals surface area contributed by atoms with Gasteiger partial charge in [-0.1, -0.05) is 20.8 Å². The van der Waals surface area contributed by atoms with Gasteiger partial charge in [-0.05, 0) is 5.41 Å². The lowest BCUT2D eigenvalue weighted by atomic mass is 9.85. The zero-order chi connectivity index (χ0) is 12.7. The molecule has 0 saturated heterocycles. The molecule has 1 aromatic rings. The van der Waals surface area contributed by atoms with Crippen LogP contribution in [0.25, 0.3) is 0 Å². The topological polar surface area (TPSA) is 41.6 Å². The van der Waals surface area contributed by atoms with Crippen molar-refractivity contribution in [3.63, 3.8) is 0 Å². The molecule has 1 aromatic heterocycles. The Balaban J connectivity index is 3.62. The average molecular weight is 231 g/mol. The number of hydrogen-bond acceptors (Lipinski definition) is 2. The van der Waals surface area contributed by atoms with Gasteiger partial charge in [0.2, 0.25) is 0 Å². The van der Waals surface area contributed by atoms with E-state index in [9.17, 15) is 13.2 Å². The molecule has 0 fully saturated rings. The second kappa shape index (κ2) is 3.51. The summed E-state index contributed by atoms with van der Waals surface area (Å²) in [5, 5.41) is 12.4. The number of halogens is 3. The molecule has 0 amide bonds. The Morgan fingerprint density at radius 1 is 1.25 bits per heavy atom. The first-order valence-electron chi connectivity index (χ1n) is 4.63. The van der Waals surface area contributed by atoms with E-state index >= 15 is 0 Å². The van der Waals surface area contributed by atoms with Crippen LogP contribution in [0.5, 0.6) is 0 Å². The number of alkyl halides is 3. The Morgan fingerprint density at radius 3 is 2.06 bits per heavy atom. The van der Waals surface area contributed by atoms with Gasteiger partial charge in [0.1, 0.15) is 11.8 Å². The summed E-state index contributed by atoms with van der Waals surface area (Å²) in [5.74, 6) is 0. The SMILES string of the molecule is Cn1nc(C#N)c(C(C)(C)C)c1C(F)(F)F. The average Bonchev–Trinajstić information content (AvgIpc) is 2.40. The van der Waals surface area contributed by atoms with Crippen molar-refractivity contribution in [3.8, 4) is 6.07 Å². The summed E-state index contributed by atoms with van der Waals surface area (Å²) in [6.07, 6.45) is -4.50. The summed E-state index contributed by atoms with van der Waals surface area (Å²) in [5.41, 5.74) is -1.84. The number of nitriles is 1. The van der Waals surface area contributed by atoms with Crippen molar-refractivity contribution < 1.29 is 13.2 Å². The summed E-state index contributed by atoms with van der Waals surface area (Å²) < 4.78 is 39.2. The maximum absolute atomic E-state index is 12.8. The van der Waals surface area contributed by atoms with E-state index in [1.165, 1.54) is 7.05 Å². The molecule has 0 aliphatic rings. The van der Waals surface area contributed by atoms with Crippen LogP contribution in [0.3, 0.4) is 0 Å². The third-order valence-electron chi connectivity index (χ3n) is 2.17. The molecule has 3 nitrogen and oxygen atoms in total. The molecule has 0 unspecified atom stereocenters. The third kappa shape index (κ3) is 2.03. The molecule has 0 bridgehead atoms. The molecule has 0 N–H and O–H groups in total. The van der Waals surface area contributed by atoms with Crippen LogP contribution in [0.2, 0.25) is 0 Å². The zero-order valence-corrected chi connectivity index (χ0v) is 9.48. The Kier molecular flexibility index (Phi) is 2.75. The fourth-order valence-corrected chi connectivity index (χ4v) is 1.64. The van der Waals surface area contributed by atoms with Crippen molar-refractivity contribution in [1.29, 1.82) is 5.26 Å². The summed E-state index contributed by atoms with van der Waals surface area (Å²) in [7, 11) is 1.19. The van der Waals surface area contributed by atoms with Crippen molar-refractivity contribution in [1.82, 2.24) is 9.78 Å². The summed E-state index contributed by atoms with van der Waals surface area (Å²) in [4.78, 5) is 0. The van der Waals surface area contributed by atoms with Crippen molar-refractivity contribution in [3.05, 3.63) is 17.0 Å². The highest BCUT2D eigenvalue weighted by Crippen LogP contribution is 2.38. The van der Waals surface area contributed by atoms with Gasteiger partial charge in [0, 0.05) is 12.6 Å². The van der Waals surface area contributed by atoms with Gasteiger partial charge in [0.15, 0.2) is 5.69 Å². The Labute approximate surface area is 91.5 Å². The van der Waals surface area contributed by atoms with Crippen molar-refractivity contribution >= 4 is 0 Å². The smallest absolute Gasteiger partial charge is 0.262 e. The van der Waals surface area contributed by atoms with Crippen LogP contribution in [-0.4, -0.2) is 9.78 Å². The molecule has 0 aromatic carbocycles. The van der Waals surface area contributed by atoms with E-state index in [-0.39, 0.29) is 11.3 Å². The molecule has 1 heterocycles. The van der Waals surface area contributed by atoms with Gasteiger partial charge < -0.3 is 0 Å². The van der Waals surface area contributed by atoms with Crippen LogP contribution in [0.4, 0.5) is 13.2 Å². The molecule has 0 aliphatic heterocycles. The third-order valence-corrected chi connectivity index (χ3v) is 2.17. The van der Waals surface area contributed by atoms with E-state index in [0.717, 1.165) is 4.68 Å². The summed E-state index contributed by atoms with van der Waals surface area (Å²) in [6.45, 7) is 4.88. The van der Waals surface area contributed by atoms with Crippen molar-refractivity contribution in [2.24, 2.45) is 7.05 Å². The zero-order valence-electron chi connectivity index (χ0n) is 9.48.